The average molecular weight is 209 g/mol. The van der Waals surface area contributed by atoms with Gasteiger partial charge in [-0.2, -0.15) is 0 Å². The van der Waals surface area contributed by atoms with Gasteiger partial charge in [0.1, 0.15) is 5.54 Å². The van der Waals surface area contributed by atoms with Crippen molar-refractivity contribution in [3.8, 4) is 0 Å². The Kier molecular flexibility index (Phi) is 1.66. The van der Waals surface area contributed by atoms with Crippen LogP contribution in [0.3, 0.4) is 0 Å². The Balaban J connectivity index is 2.02. The number of likely N-dealkylation sites (N-methyl/N-ethyl adjacent to an activating group) is 1. The van der Waals surface area contributed by atoms with Crippen molar-refractivity contribution in [1.82, 2.24) is 15.1 Å². The van der Waals surface area contributed by atoms with Gasteiger partial charge < -0.3 is 10.2 Å². The van der Waals surface area contributed by atoms with Gasteiger partial charge >= 0.3 is 6.03 Å². The third-order valence-corrected chi connectivity index (χ3v) is 3.70. The Labute approximate surface area is 88.4 Å². The molecule has 15 heavy (non-hydrogen) atoms. The Morgan fingerprint density at radius 2 is 2.13 bits per heavy atom. The van der Waals surface area contributed by atoms with Crippen LogP contribution in [0.1, 0.15) is 19.3 Å². The zero-order chi connectivity index (χ0) is 10.6. The van der Waals surface area contributed by atoms with Crippen LogP contribution < -0.4 is 5.32 Å². The summed E-state index contributed by atoms with van der Waals surface area (Å²) in [6.45, 7) is 1.45. The molecule has 0 radical (unpaired) electrons. The van der Waals surface area contributed by atoms with Gasteiger partial charge in [0, 0.05) is 19.6 Å². The van der Waals surface area contributed by atoms with Crippen LogP contribution in [-0.2, 0) is 4.79 Å². The number of imide groups is 1. The molecule has 0 aromatic heterocycles. The highest BCUT2D eigenvalue weighted by molar-refractivity contribution is 6.07. The van der Waals surface area contributed by atoms with E-state index in [0.29, 0.717) is 12.6 Å². The monoisotopic (exact) mass is 209 g/mol. The van der Waals surface area contributed by atoms with Gasteiger partial charge in [-0.05, 0) is 25.8 Å². The van der Waals surface area contributed by atoms with Crippen LogP contribution in [0.5, 0.6) is 0 Å². The molecule has 1 spiro atoms. The minimum atomic E-state index is -0.549. The lowest BCUT2D eigenvalue weighted by atomic mass is 9.96. The smallest absolute Gasteiger partial charge is 0.314 e. The normalized spacial score (nSPS) is 36.1. The molecule has 82 valence electrons. The van der Waals surface area contributed by atoms with Crippen LogP contribution >= 0.6 is 0 Å². The number of hydrogen-bond donors (Lipinski definition) is 1. The topological polar surface area (TPSA) is 52.7 Å². The van der Waals surface area contributed by atoms with Gasteiger partial charge in [0.15, 0.2) is 0 Å². The molecule has 0 bridgehead atoms. The first-order valence-corrected chi connectivity index (χ1v) is 5.49. The molecule has 2 heterocycles. The summed E-state index contributed by atoms with van der Waals surface area (Å²) < 4.78 is 0. The number of nitrogens with zero attached hydrogens (tertiary/aromatic N) is 2. The highest BCUT2D eigenvalue weighted by Gasteiger charge is 2.60. The van der Waals surface area contributed by atoms with E-state index in [-0.39, 0.29) is 11.9 Å². The molecule has 3 fully saturated rings. The largest absolute Gasteiger partial charge is 0.327 e. The molecule has 1 atom stereocenters. The highest BCUT2D eigenvalue weighted by atomic mass is 16.2. The summed E-state index contributed by atoms with van der Waals surface area (Å²) in [5.74, 6) is -0.0237. The molecule has 3 amide bonds. The SMILES string of the molecule is CN1C(=O)N(C2CC2)C2(CCNC2)C1=O. The lowest BCUT2D eigenvalue weighted by Gasteiger charge is -2.30. The predicted octanol–water partition coefficient (Wildman–Crippen LogP) is -0.225. The van der Waals surface area contributed by atoms with Gasteiger partial charge in [0.2, 0.25) is 0 Å². The van der Waals surface area contributed by atoms with Crippen molar-refractivity contribution in [3.05, 3.63) is 0 Å². The number of urea groups is 1. The fourth-order valence-electron chi connectivity index (χ4n) is 2.75. The van der Waals surface area contributed by atoms with Gasteiger partial charge in [0.05, 0.1) is 0 Å². The number of carbonyl (C=O) groups is 2. The van der Waals surface area contributed by atoms with E-state index in [1.54, 1.807) is 7.05 Å². The minimum absolute atomic E-state index is 0.0237. The Hall–Kier alpha value is -1.10. The zero-order valence-corrected chi connectivity index (χ0v) is 8.82. The molecular formula is C10H15N3O2. The maximum Gasteiger partial charge on any atom is 0.327 e. The van der Waals surface area contributed by atoms with Crippen LogP contribution in [-0.4, -0.2) is 53.5 Å². The van der Waals surface area contributed by atoms with Gasteiger partial charge in [-0.15, -0.1) is 0 Å². The fraction of sp³-hybridized carbons (Fsp3) is 0.800. The lowest BCUT2D eigenvalue weighted by molar-refractivity contribution is -0.131. The van der Waals surface area contributed by atoms with E-state index >= 15 is 0 Å². The van der Waals surface area contributed by atoms with E-state index in [9.17, 15) is 9.59 Å². The van der Waals surface area contributed by atoms with Crippen LogP contribution in [0.4, 0.5) is 4.79 Å². The Bertz CT molecular complexity index is 332. The van der Waals surface area contributed by atoms with Crippen molar-refractivity contribution in [2.75, 3.05) is 20.1 Å². The van der Waals surface area contributed by atoms with E-state index in [1.807, 2.05) is 4.90 Å². The van der Waals surface area contributed by atoms with E-state index < -0.39 is 5.54 Å². The third-order valence-electron chi connectivity index (χ3n) is 3.70. The predicted molar refractivity (Wildman–Crippen MR) is 53.2 cm³/mol. The van der Waals surface area contributed by atoms with Crippen LogP contribution in [0.15, 0.2) is 0 Å². The zero-order valence-electron chi connectivity index (χ0n) is 8.82. The number of carbonyl (C=O) groups excluding carboxylic acids is 2. The minimum Gasteiger partial charge on any atom is -0.314 e. The maximum atomic E-state index is 12.1. The molecule has 0 aromatic carbocycles. The molecule has 3 aliphatic rings. The second-order valence-corrected chi connectivity index (χ2v) is 4.71. The van der Waals surface area contributed by atoms with Crippen LogP contribution in [0.2, 0.25) is 0 Å². The fourth-order valence-corrected chi connectivity index (χ4v) is 2.75. The van der Waals surface area contributed by atoms with Crippen molar-refractivity contribution in [3.63, 3.8) is 0 Å². The Morgan fingerprint density at radius 1 is 1.40 bits per heavy atom. The molecule has 1 aliphatic carbocycles. The standard InChI is InChI=1S/C10H15N3O2/c1-12-8(14)10(4-5-11-6-10)13(9(12)15)7-2-3-7/h7,11H,2-6H2,1H3. The second kappa shape index (κ2) is 2.72. The van der Waals surface area contributed by atoms with E-state index in [0.717, 1.165) is 25.8 Å². The van der Waals surface area contributed by atoms with Gasteiger partial charge in [0.25, 0.3) is 5.91 Å². The summed E-state index contributed by atoms with van der Waals surface area (Å²) in [5.41, 5.74) is -0.549. The number of rotatable bonds is 1. The van der Waals surface area contributed by atoms with Crippen molar-refractivity contribution < 1.29 is 9.59 Å². The molecule has 0 aromatic rings. The maximum absolute atomic E-state index is 12.1. The molecule has 1 unspecified atom stereocenters. The van der Waals surface area contributed by atoms with E-state index in [1.165, 1.54) is 4.90 Å². The summed E-state index contributed by atoms with van der Waals surface area (Å²) in [6.07, 6.45) is 2.86. The molecule has 2 aliphatic heterocycles. The van der Waals surface area contributed by atoms with Crippen LogP contribution in [0.25, 0.3) is 0 Å². The molecule has 5 nitrogen and oxygen atoms in total. The van der Waals surface area contributed by atoms with Crippen LogP contribution in [0, 0.1) is 0 Å². The third kappa shape index (κ3) is 1.01. The highest BCUT2D eigenvalue weighted by Crippen LogP contribution is 2.41. The van der Waals surface area contributed by atoms with Crippen molar-refractivity contribution in [2.45, 2.75) is 30.8 Å². The van der Waals surface area contributed by atoms with E-state index in [4.69, 9.17) is 0 Å². The number of amides is 3. The molecule has 1 N–H and O–H groups in total. The first-order chi connectivity index (χ1) is 7.17. The number of nitrogens with one attached hydrogen (secondary N) is 1. The Morgan fingerprint density at radius 3 is 2.67 bits per heavy atom. The molecule has 3 rings (SSSR count). The van der Waals surface area contributed by atoms with Gasteiger partial charge in [-0.3, -0.25) is 9.69 Å². The summed E-state index contributed by atoms with van der Waals surface area (Å²) >= 11 is 0. The molecule has 1 saturated carbocycles. The molecular weight excluding hydrogens is 194 g/mol. The summed E-state index contributed by atoms with van der Waals surface area (Å²) in [5, 5.41) is 3.20. The second-order valence-electron chi connectivity index (χ2n) is 4.71. The van der Waals surface area contributed by atoms with Crippen molar-refractivity contribution >= 4 is 11.9 Å². The summed E-state index contributed by atoms with van der Waals surface area (Å²) in [6, 6.07) is 0.206. The summed E-state index contributed by atoms with van der Waals surface area (Å²) in [4.78, 5) is 27.2. The summed E-state index contributed by atoms with van der Waals surface area (Å²) in [7, 11) is 1.59. The van der Waals surface area contributed by atoms with Gasteiger partial charge in [-0.1, -0.05) is 0 Å². The first kappa shape index (κ1) is 9.15. The number of hydrogen-bond acceptors (Lipinski definition) is 3. The van der Waals surface area contributed by atoms with Crippen molar-refractivity contribution in [1.29, 1.82) is 0 Å². The van der Waals surface area contributed by atoms with Gasteiger partial charge in [-0.25, -0.2) is 4.79 Å². The van der Waals surface area contributed by atoms with E-state index in [2.05, 4.69) is 5.32 Å². The molecule has 2 saturated heterocycles. The average Bonchev–Trinajstić information content (AvgIpc) is 2.89. The first-order valence-electron chi connectivity index (χ1n) is 5.49. The quantitative estimate of drug-likeness (QED) is 0.607. The van der Waals surface area contributed by atoms with Crippen molar-refractivity contribution in [2.24, 2.45) is 0 Å². The lowest BCUT2D eigenvalue weighted by Crippen LogP contribution is -2.52. The molecule has 5 heteroatoms.